The molecule has 120 valence electrons. The third kappa shape index (κ3) is 4.65. The number of halogens is 1. The van der Waals surface area contributed by atoms with E-state index in [0.29, 0.717) is 22.7 Å². The van der Waals surface area contributed by atoms with Gasteiger partial charge in [-0.25, -0.2) is 4.39 Å². The van der Waals surface area contributed by atoms with Gasteiger partial charge in [0.05, 0.1) is 12.8 Å². The minimum absolute atomic E-state index is 0.0600. The summed E-state index contributed by atoms with van der Waals surface area (Å²) in [5, 5.41) is 17.2. The number of anilines is 1. The molecule has 0 unspecified atom stereocenters. The van der Waals surface area contributed by atoms with Crippen LogP contribution in [-0.2, 0) is 0 Å². The van der Waals surface area contributed by atoms with Gasteiger partial charge in [-0.3, -0.25) is 5.43 Å². The van der Waals surface area contributed by atoms with Crippen molar-refractivity contribution in [3.63, 3.8) is 0 Å². The predicted octanol–water partition coefficient (Wildman–Crippen LogP) is 3.25. The topological polar surface area (TPSA) is 65.9 Å². The standard InChI is InChI=1S/C16H16FN3O2S/c1-10(14-8-7-13(22-2)9-15(14)21)19-20-16(23)18-12-5-3-11(17)4-6-12/h3-9,21H,1-2H3,(H2,18,20,23)/b19-10+. The lowest BCUT2D eigenvalue weighted by Gasteiger charge is -2.09. The first-order valence-electron chi connectivity index (χ1n) is 6.74. The molecule has 0 amide bonds. The van der Waals surface area contributed by atoms with Crippen molar-refractivity contribution in [1.29, 1.82) is 0 Å². The van der Waals surface area contributed by atoms with E-state index >= 15 is 0 Å². The van der Waals surface area contributed by atoms with E-state index in [1.807, 2.05) is 0 Å². The normalized spacial score (nSPS) is 11.0. The number of aromatic hydroxyl groups is 1. The molecule has 0 saturated heterocycles. The first-order valence-corrected chi connectivity index (χ1v) is 7.14. The third-order valence-corrected chi connectivity index (χ3v) is 3.22. The molecule has 0 aliphatic rings. The molecule has 0 aliphatic carbocycles. The highest BCUT2D eigenvalue weighted by Crippen LogP contribution is 2.23. The molecule has 0 saturated carbocycles. The molecule has 23 heavy (non-hydrogen) atoms. The van der Waals surface area contributed by atoms with Crippen molar-refractivity contribution < 1.29 is 14.2 Å². The van der Waals surface area contributed by atoms with E-state index in [1.165, 1.54) is 25.3 Å². The highest BCUT2D eigenvalue weighted by molar-refractivity contribution is 7.80. The molecule has 3 N–H and O–H groups in total. The van der Waals surface area contributed by atoms with Gasteiger partial charge in [0.1, 0.15) is 17.3 Å². The number of methoxy groups -OCH3 is 1. The van der Waals surface area contributed by atoms with Crippen LogP contribution in [-0.4, -0.2) is 23.0 Å². The van der Waals surface area contributed by atoms with Crippen molar-refractivity contribution in [2.75, 3.05) is 12.4 Å². The Labute approximate surface area is 138 Å². The Balaban J connectivity index is 2.01. The molecule has 2 aromatic rings. The highest BCUT2D eigenvalue weighted by atomic mass is 32.1. The number of benzene rings is 2. The zero-order valence-corrected chi connectivity index (χ0v) is 13.4. The summed E-state index contributed by atoms with van der Waals surface area (Å²) in [4.78, 5) is 0. The first kappa shape index (κ1) is 16.7. The Bertz CT molecular complexity index is 733. The Hall–Kier alpha value is -2.67. The van der Waals surface area contributed by atoms with Crippen LogP contribution >= 0.6 is 12.2 Å². The van der Waals surface area contributed by atoms with E-state index in [0.717, 1.165) is 0 Å². The lowest BCUT2D eigenvalue weighted by molar-refractivity contribution is 0.407. The molecule has 0 aromatic heterocycles. The molecule has 0 spiro atoms. The maximum atomic E-state index is 12.8. The molecule has 5 nitrogen and oxygen atoms in total. The summed E-state index contributed by atoms with van der Waals surface area (Å²) in [6, 6.07) is 10.7. The van der Waals surface area contributed by atoms with Gasteiger partial charge in [0.2, 0.25) is 0 Å². The molecule has 0 bridgehead atoms. The van der Waals surface area contributed by atoms with Crippen LogP contribution in [0, 0.1) is 5.82 Å². The number of hydrogen-bond acceptors (Lipinski definition) is 4. The molecule has 0 atom stereocenters. The third-order valence-electron chi connectivity index (χ3n) is 3.02. The maximum absolute atomic E-state index is 12.8. The number of hydrogen-bond donors (Lipinski definition) is 3. The number of ether oxygens (including phenoxy) is 1. The second kappa shape index (κ2) is 7.55. The Morgan fingerprint density at radius 2 is 1.91 bits per heavy atom. The van der Waals surface area contributed by atoms with Crippen molar-refractivity contribution in [1.82, 2.24) is 5.43 Å². The van der Waals surface area contributed by atoms with Crippen molar-refractivity contribution in [3.8, 4) is 11.5 Å². The Morgan fingerprint density at radius 1 is 1.22 bits per heavy atom. The number of thiocarbonyl (C=S) groups is 1. The van der Waals surface area contributed by atoms with Gasteiger partial charge >= 0.3 is 0 Å². The smallest absolute Gasteiger partial charge is 0.191 e. The van der Waals surface area contributed by atoms with Crippen LogP contribution < -0.4 is 15.5 Å². The van der Waals surface area contributed by atoms with Gasteiger partial charge in [0.25, 0.3) is 0 Å². The average Bonchev–Trinajstić information content (AvgIpc) is 2.54. The number of hydrazone groups is 1. The lowest BCUT2D eigenvalue weighted by Crippen LogP contribution is -2.25. The van der Waals surface area contributed by atoms with E-state index in [1.54, 1.807) is 31.2 Å². The van der Waals surface area contributed by atoms with Crippen molar-refractivity contribution in [2.24, 2.45) is 5.10 Å². The summed E-state index contributed by atoms with van der Waals surface area (Å²) in [6.45, 7) is 1.73. The van der Waals surface area contributed by atoms with E-state index in [2.05, 4.69) is 15.8 Å². The summed E-state index contributed by atoms with van der Waals surface area (Å²) in [5.41, 5.74) is 4.42. The van der Waals surface area contributed by atoms with Crippen molar-refractivity contribution in [3.05, 3.63) is 53.8 Å². The molecule has 0 fully saturated rings. The summed E-state index contributed by atoms with van der Waals surface area (Å²) >= 11 is 5.10. The zero-order chi connectivity index (χ0) is 16.8. The second-order valence-corrected chi connectivity index (χ2v) is 5.06. The molecule has 0 radical (unpaired) electrons. The zero-order valence-electron chi connectivity index (χ0n) is 12.6. The monoisotopic (exact) mass is 333 g/mol. The van der Waals surface area contributed by atoms with Crippen LogP contribution in [0.2, 0.25) is 0 Å². The van der Waals surface area contributed by atoms with E-state index < -0.39 is 0 Å². The fraction of sp³-hybridized carbons (Fsp3) is 0.125. The summed E-state index contributed by atoms with van der Waals surface area (Å²) < 4.78 is 17.9. The van der Waals surface area contributed by atoms with Gasteiger partial charge in [-0.2, -0.15) is 5.10 Å². The SMILES string of the molecule is COc1ccc(/C(C)=N/NC(=S)Nc2ccc(F)cc2)c(O)c1. The van der Waals surface area contributed by atoms with Crippen LogP contribution in [0.4, 0.5) is 10.1 Å². The largest absolute Gasteiger partial charge is 0.507 e. The van der Waals surface area contributed by atoms with Crippen molar-refractivity contribution in [2.45, 2.75) is 6.92 Å². The average molecular weight is 333 g/mol. The summed E-state index contributed by atoms with van der Waals surface area (Å²) in [6.07, 6.45) is 0. The van der Waals surface area contributed by atoms with E-state index in [-0.39, 0.29) is 16.7 Å². The van der Waals surface area contributed by atoms with Gasteiger partial charge < -0.3 is 15.2 Å². The van der Waals surface area contributed by atoms with E-state index in [4.69, 9.17) is 17.0 Å². The van der Waals surface area contributed by atoms with Gasteiger partial charge in [0, 0.05) is 17.3 Å². The minimum Gasteiger partial charge on any atom is -0.507 e. The molecule has 0 aliphatic heterocycles. The fourth-order valence-electron chi connectivity index (χ4n) is 1.83. The highest BCUT2D eigenvalue weighted by Gasteiger charge is 2.06. The number of nitrogens with zero attached hydrogens (tertiary/aromatic N) is 1. The molecule has 2 rings (SSSR count). The van der Waals surface area contributed by atoms with Crippen LogP contribution in [0.5, 0.6) is 11.5 Å². The van der Waals surface area contributed by atoms with Crippen LogP contribution in [0.25, 0.3) is 0 Å². The Morgan fingerprint density at radius 3 is 2.52 bits per heavy atom. The quantitative estimate of drug-likeness (QED) is 0.455. The first-order chi connectivity index (χ1) is 11.0. The molecule has 0 heterocycles. The predicted molar refractivity (Wildman–Crippen MR) is 92.6 cm³/mol. The number of rotatable bonds is 4. The molecule has 2 aromatic carbocycles. The van der Waals surface area contributed by atoms with Crippen molar-refractivity contribution >= 4 is 28.7 Å². The molecule has 7 heteroatoms. The van der Waals surface area contributed by atoms with Gasteiger partial charge in [-0.1, -0.05) is 0 Å². The Kier molecular flexibility index (Phi) is 5.48. The summed E-state index contributed by atoms with van der Waals surface area (Å²) in [7, 11) is 1.52. The van der Waals surface area contributed by atoms with Gasteiger partial charge in [-0.05, 0) is 55.5 Å². The van der Waals surface area contributed by atoms with Crippen LogP contribution in [0.15, 0.2) is 47.6 Å². The second-order valence-electron chi connectivity index (χ2n) is 4.65. The number of phenolic OH excluding ortho intramolecular Hbond substituents is 1. The van der Waals surface area contributed by atoms with E-state index in [9.17, 15) is 9.50 Å². The van der Waals surface area contributed by atoms with Gasteiger partial charge in [0.15, 0.2) is 5.11 Å². The lowest BCUT2D eigenvalue weighted by atomic mass is 10.1. The van der Waals surface area contributed by atoms with Crippen LogP contribution in [0.3, 0.4) is 0 Å². The fourth-order valence-corrected chi connectivity index (χ4v) is 1.99. The molecular formula is C16H16FN3O2S. The summed E-state index contributed by atoms with van der Waals surface area (Å²) in [5.74, 6) is 0.295. The minimum atomic E-state index is -0.321. The number of phenols is 1. The molecular weight excluding hydrogens is 317 g/mol. The van der Waals surface area contributed by atoms with Crippen LogP contribution in [0.1, 0.15) is 12.5 Å². The number of nitrogens with one attached hydrogen (secondary N) is 2. The maximum Gasteiger partial charge on any atom is 0.191 e. The van der Waals surface area contributed by atoms with Gasteiger partial charge in [-0.15, -0.1) is 0 Å².